The maximum Gasteiger partial charge on any atom is 0.202 e. The molecule has 4 nitrogen and oxygen atoms in total. The Morgan fingerprint density at radius 1 is 1.05 bits per heavy atom. The van der Waals surface area contributed by atoms with Gasteiger partial charge in [-0.05, 0) is 24.3 Å². The highest BCUT2D eigenvalue weighted by Gasteiger charge is 2.07. The van der Waals surface area contributed by atoms with Crippen LogP contribution in [0.4, 0.5) is 0 Å². The van der Waals surface area contributed by atoms with Crippen LogP contribution >= 0.6 is 28.6 Å². The second kappa shape index (κ2) is 7.03. The van der Waals surface area contributed by atoms with Crippen molar-refractivity contribution in [3.63, 3.8) is 0 Å². The van der Waals surface area contributed by atoms with Crippen molar-refractivity contribution in [2.24, 2.45) is 7.05 Å². The molecule has 0 radical (unpaired) electrons. The molecule has 6 heteroatoms. The molecule has 1 N–H and O–H groups in total. The minimum absolute atomic E-state index is 0. The van der Waals surface area contributed by atoms with E-state index in [9.17, 15) is 0 Å². The lowest BCUT2D eigenvalue weighted by molar-refractivity contribution is 0.297. The Balaban J connectivity index is 0.00000176. The van der Waals surface area contributed by atoms with Crippen molar-refractivity contribution in [1.82, 2.24) is 9.13 Å². The molecule has 0 aliphatic rings. The highest BCUT2D eigenvalue weighted by atomic mass is 79.9. The molecular formula is C16H17BrClN3O. The van der Waals surface area contributed by atoms with Gasteiger partial charge in [0.15, 0.2) is 0 Å². The largest absolute Gasteiger partial charge is 0.490 e. The van der Waals surface area contributed by atoms with E-state index in [0.717, 1.165) is 11.0 Å². The minimum Gasteiger partial charge on any atom is -0.490 e. The summed E-state index contributed by atoms with van der Waals surface area (Å²) in [6.07, 6.45) is 0. The number of ether oxygens (including phenoxy) is 1. The Hall–Kier alpha value is -1.72. The maximum absolute atomic E-state index is 8.19. The van der Waals surface area contributed by atoms with Crippen LogP contribution in [0.5, 0.6) is 5.75 Å². The number of para-hydroxylation sites is 3. The molecule has 116 valence electrons. The number of benzene rings is 2. The smallest absolute Gasteiger partial charge is 0.202 e. The standard InChI is InChI=1S/C16H16ClN3O.BrH/c1-19-13-7-3-4-8-14(13)20(16(19)18)10-11-21-15-9-5-2-6-12(15)17;/h2-9,18H,10-11H2,1H3;1H. The molecule has 1 heterocycles. The van der Waals surface area contributed by atoms with Gasteiger partial charge in [-0.25, -0.2) is 0 Å². The fourth-order valence-corrected chi connectivity index (χ4v) is 2.61. The predicted octanol–water partition coefficient (Wildman–Crippen LogP) is 3.77. The second-order valence-electron chi connectivity index (χ2n) is 4.80. The molecule has 0 aliphatic heterocycles. The summed E-state index contributed by atoms with van der Waals surface area (Å²) in [7, 11) is 1.90. The zero-order chi connectivity index (χ0) is 14.8. The Morgan fingerprint density at radius 2 is 1.68 bits per heavy atom. The molecule has 22 heavy (non-hydrogen) atoms. The lowest BCUT2D eigenvalue weighted by Crippen LogP contribution is -2.24. The Morgan fingerprint density at radius 3 is 2.41 bits per heavy atom. The van der Waals surface area contributed by atoms with Gasteiger partial charge in [-0.1, -0.05) is 35.9 Å². The first-order chi connectivity index (χ1) is 10.2. The van der Waals surface area contributed by atoms with Crippen LogP contribution in [-0.2, 0) is 13.6 Å². The second-order valence-corrected chi connectivity index (χ2v) is 5.21. The van der Waals surface area contributed by atoms with Crippen LogP contribution in [0.3, 0.4) is 0 Å². The number of hydrogen-bond acceptors (Lipinski definition) is 2. The van der Waals surface area contributed by atoms with Crippen LogP contribution in [0.2, 0.25) is 5.02 Å². The van der Waals surface area contributed by atoms with E-state index in [1.807, 2.05) is 58.6 Å². The van der Waals surface area contributed by atoms with Gasteiger partial charge in [0.25, 0.3) is 0 Å². The Bertz CT molecular complexity index is 841. The number of imidazole rings is 1. The average molecular weight is 383 g/mol. The van der Waals surface area contributed by atoms with E-state index in [1.54, 1.807) is 6.07 Å². The molecule has 3 aromatic rings. The first-order valence-electron chi connectivity index (χ1n) is 6.74. The van der Waals surface area contributed by atoms with Crippen molar-refractivity contribution >= 4 is 39.6 Å². The van der Waals surface area contributed by atoms with Gasteiger partial charge in [0.1, 0.15) is 12.4 Å². The summed E-state index contributed by atoms with van der Waals surface area (Å²) in [6, 6.07) is 15.4. The Labute approximate surface area is 144 Å². The lowest BCUT2D eigenvalue weighted by atomic mass is 10.3. The number of aryl methyl sites for hydroxylation is 1. The first kappa shape index (κ1) is 16.6. The van der Waals surface area contributed by atoms with Gasteiger partial charge in [0.2, 0.25) is 5.62 Å². The molecule has 2 aromatic carbocycles. The molecule has 1 aromatic heterocycles. The zero-order valence-corrected chi connectivity index (χ0v) is 14.6. The first-order valence-corrected chi connectivity index (χ1v) is 7.12. The van der Waals surface area contributed by atoms with Gasteiger partial charge >= 0.3 is 0 Å². The van der Waals surface area contributed by atoms with E-state index in [0.29, 0.717) is 29.5 Å². The SMILES string of the molecule is Br.Cn1c(=N)n(CCOc2ccccc2Cl)c2ccccc21. The quantitative estimate of drug-likeness (QED) is 0.733. The minimum atomic E-state index is 0. The molecular weight excluding hydrogens is 366 g/mol. The molecule has 0 saturated carbocycles. The highest BCUT2D eigenvalue weighted by Crippen LogP contribution is 2.23. The van der Waals surface area contributed by atoms with E-state index >= 15 is 0 Å². The van der Waals surface area contributed by atoms with Crippen molar-refractivity contribution in [2.75, 3.05) is 6.61 Å². The number of rotatable bonds is 4. The van der Waals surface area contributed by atoms with Crippen LogP contribution in [0.25, 0.3) is 11.0 Å². The molecule has 0 aliphatic carbocycles. The van der Waals surface area contributed by atoms with E-state index in [-0.39, 0.29) is 17.0 Å². The summed E-state index contributed by atoms with van der Waals surface area (Å²) in [5.41, 5.74) is 2.53. The summed E-state index contributed by atoms with van der Waals surface area (Å²) < 4.78 is 9.51. The summed E-state index contributed by atoms with van der Waals surface area (Å²) in [4.78, 5) is 0. The molecule has 0 spiro atoms. The third-order valence-electron chi connectivity index (χ3n) is 3.52. The van der Waals surface area contributed by atoms with E-state index in [1.165, 1.54) is 0 Å². The monoisotopic (exact) mass is 381 g/mol. The van der Waals surface area contributed by atoms with Crippen molar-refractivity contribution in [3.05, 3.63) is 59.2 Å². The van der Waals surface area contributed by atoms with Gasteiger partial charge in [-0.3, -0.25) is 5.41 Å². The summed E-state index contributed by atoms with van der Waals surface area (Å²) in [5, 5.41) is 8.80. The van der Waals surface area contributed by atoms with Gasteiger partial charge in [-0.2, -0.15) is 0 Å². The van der Waals surface area contributed by atoms with Crippen molar-refractivity contribution < 1.29 is 4.74 Å². The number of nitrogens with one attached hydrogen (secondary N) is 1. The van der Waals surface area contributed by atoms with Gasteiger partial charge in [-0.15, -0.1) is 17.0 Å². The third-order valence-corrected chi connectivity index (χ3v) is 3.83. The van der Waals surface area contributed by atoms with Gasteiger partial charge < -0.3 is 13.9 Å². The van der Waals surface area contributed by atoms with Crippen LogP contribution in [0.15, 0.2) is 48.5 Å². The molecule has 0 fully saturated rings. The summed E-state index contributed by atoms with van der Waals surface area (Å²) >= 11 is 6.06. The van der Waals surface area contributed by atoms with Crippen LogP contribution in [-0.4, -0.2) is 15.7 Å². The Kier molecular flexibility index (Phi) is 5.32. The van der Waals surface area contributed by atoms with Crippen LogP contribution < -0.4 is 10.4 Å². The highest BCUT2D eigenvalue weighted by molar-refractivity contribution is 8.93. The molecule has 0 saturated heterocycles. The van der Waals surface area contributed by atoms with Crippen molar-refractivity contribution in [1.29, 1.82) is 5.41 Å². The van der Waals surface area contributed by atoms with Gasteiger partial charge in [0.05, 0.1) is 22.6 Å². The molecule has 0 unspecified atom stereocenters. The van der Waals surface area contributed by atoms with E-state index in [2.05, 4.69) is 0 Å². The topological polar surface area (TPSA) is 42.9 Å². The average Bonchev–Trinajstić information content (AvgIpc) is 2.74. The molecule has 0 amide bonds. The number of nitrogens with zero attached hydrogens (tertiary/aromatic N) is 2. The number of aromatic nitrogens is 2. The molecule has 3 rings (SSSR count). The molecule has 0 bridgehead atoms. The summed E-state index contributed by atoms with van der Waals surface area (Å²) in [5.74, 6) is 0.673. The normalized spacial score (nSPS) is 10.5. The van der Waals surface area contributed by atoms with Gasteiger partial charge in [0, 0.05) is 7.05 Å². The van der Waals surface area contributed by atoms with E-state index < -0.39 is 0 Å². The van der Waals surface area contributed by atoms with Crippen molar-refractivity contribution in [3.8, 4) is 5.75 Å². The lowest BCUT2D eigenvalue weighted by Gasteiger charge is -2.09. The fourth-order valence-electron chi connectivity index (χ4n) is 2.42. The summed E-state index contributed by atoms with van der Waals surface area (Å²) in [6.45, 7) is 1.07. The molecule has 0 atom stereocenters. The van der Waals surface area contributed by atoms with Crippen LogP contribution in [0, 0.1) is 5.41 Å². The predicted molar refractivity (Wildman–Crippen MR) is 94.0 cm³/mol. The number of fused-ring (bicyclic) bond motifs is 1. The zero-order valence-electron chi connectivity index (χ0n) is 12.1. The number of hydrogen-bond donors (Lipinski definition) is 1. The van der Waals surface area contributed by atoms with Crippen molar-refractivity contribution in [2.45, 2.75) is 6.54 Å². The third kappa shape index (κ3) is 3.05. The van der Waals surface area contributed by atoms with Crippen LogP contribution in [0.1, 0.15) is 0 Å². The number of halogens is 2. The maximum atomic E-state index is 8.19. The fraction of sp³-hybridized carbons (Fsp3) is 0.188. The van der Waals surface area contributed by atoms with E-state index in [4.69, 9.17) is 21.7 Å².